The zero-order chi connectivity index (χ0) is 2.71. The molecule has 0 nitrogen and oxygen atoms in total. The minimum atomic E-state index is 0. The Morgan fingerprint density at radius 2 is 1.25 bits per heavy atom. The molecule has 0 heterocycles. The van der Waals surface area contributed by atoms with Crippen LogP contribution in [0.25, 0.3) is 0 Å². The Morgan fingerprint density at radius 3 is 1.25 bits per heavy atom. The number of hydrogen-bond acceptors (Lipinski definition) is 0. The average molecular weight is 162 g/mol. The van der Waals surface area contributed by atoms with Crippen molar-refractivity contribution in [3.63, 3.8) is 0 Å². The van der Waals surface area contributed by atoms with Gasteiger partial charge in [0.25, 0.3) is 0 Å². The van der Waals surface area contributed by atoms with Gasteiger partial charge in [-0.2, -0.15) is 0 Å². The molecule has 0 spiro atoms. The summed E-state index contributed by atoms with van der Waals surface area (Å²) in [6, 6.07) is 0. The molecular weight excluding hydrogens is 156 g/mol. The molecule has 0 radical (unpaired) electrons. The first kappa shape index (κ1) is 8.93. The third kappa shape index (κ3) is 11.2. The molecule has 0 aliphatic rings. The van der Waals surface area contributed by atoms with Crippen molar-refractivity contribution in [3.05, 3.63) is 0 Å². The van der Waals surface area contributed by atoms with E-state index in [0.717, 1.165) is 0 Å². The van der Waals surface area contributed by atoms with Gasteiger partial charge in [-0.15, -0.1) is 23.2 Å². The van der Waals surface area contributed by atoms with E-state index < -0.39 is 0 Å². The van der Waals surface area contributed by atoms with Crippen LogP contribution in [0.2, 0.25) is 0 Å². The van der Waals surface area contributed by atoms with Gasteiger partial charge in [0.05, 0.1) is 5.34 Å². The maximum absolute atomic E-state index is 4.76. The van der Waals surface area contributed by atoms with Crippen LogP contribution in [0.5, 0.6) is 0 Å². The Hall–Kier alpha value is 1.12. The summed E-state index contributed by atoms with van der Waals surface area (Å²) < 4.78 is 0. The third-order valence-electron chi connectivity index (χ3n) is 0. The van der Waals surface area contributed by atoms with E-state index in [1.165, 1.54) is 0 Å². The van der Waals surface area contributed by atoms with Crippen LogP contribution in [-0.2, 0) is 0 Å². The van der Waals surface area contributed by atoms with Crippen molar-refractivity contribution in [2.75, 3.05) is 5.34 Å². The quantitative estimate of drug-likeness (QED) is 0.346. The van der Waals surface area contributed by atoms with Crippen molar-refractivity contribution in [3.8, 4) is 0 Å². The molecule has 0 aliphatic carbocycles. The molecule has 0 fully saturated rings. The fourth-order valence-electron chi connectivity index (χ4n) is 0. The van der Waals surface area contributed by atoms with Crippen molar-refractivity contribution >= 4 is 40.8 Å². The average Bonchev–Trinajstić information content (AvgIpc) is 0.918. The van der Waals surface area contributed by atoms with Crippen molar-refractivity contribution in [2.45, 2.75) is 0 Å². The molecule has 0 rings (SSSR count). The Kier molecular flexibility index (Phi) is 19.9. The molecule has 0 aromatic heterocycles. The summed E-state index contributed by atoms with van der Waals surface area (Å²) in [4.78, 5) is 0. The second-order valence-corrected chi connectivity index (χ2v) is 0.909. The molecule has 0 aliphatic heterocycles. The summed E-state index contributed by atoms with van der Waals surface area (Å²) in [5.41, 5.74) is 0. The predicted molar refractivity (Wildman–Crippen MR) is 27.9 cm³/mol. The Morgan fingerprint density at radius 1 is 1.25 bits per heavy atom. The van der Waals surface area contributed by atoms with Gasteiger partial charge in [-0.1, -0.05) is 0 Å². The molecule has 0 unspecified atom stereocenters. The van der Waals surface area contributed by atoms with Gasteiger partial charge < -0.3 is 0 Å². The van der Waals surface area contributed by atoms with E-state index in [0.29, 0.717) is 0 Å². The summed E-state index contributed by atoms with van der Waals surface area (Å²) in [6.07, 6.45) is 0. The zero-order valence-corrected chi connectivity index (χ0v) is 2.97. The monoisotopic (exact) mass is 162 g/mol. The second kappa shape index (κ2) is 8.92. The molecule has 0 bridgehead atoms. The molecule has 0 atom stereocenters. The first-order valence-electron chi connectivity index (χ1n) is 0.535. The van der Waals surface area contributed by atoms with Crippen LogP contribution >= 0.6 is 23.2 Å². The number of rotatable bonds is 0. The van der Waals surface area contributed by atoms with E-state index in [1.54, 1.807) is 0 Å². The van der Waals surface area contributed by atoms with Crippen molar-refractivity contribution in [1.29, 1.82) is 0 Å². The predicted octanol–water partition coefficient (Wildman–Crippen LogP) is -0.0301. The SMILES string of the molecule is ClCCl.[GeH4]. The van der Waals surface area contributed by atoms with Crippen LogP contribution in [0.3, 0.4) is 0 Å². The van der Waals surface area contributed by atoms with Gasteiger partial charge in [0.2, 0.25) is 0 Å². The standard InChI is InChI=1S/CH2Cl2.GeH4/c2-1-3;/h1H2;1H4. The Bertz CT molecular complexity index is 6.00. The number of hydrogen-bond donors (Lipinski definition) is 0. The summed E-state index contributed by atoms with van der Waals surface area (Å²) >= 11 is 9.53. The van der Waals surface area contributed by atoms with Gasteiger partial charge in [0.1, 0.15) is 0 Å². The van der Waals surface area contributed by atoms with Gasteiger partial charge in [-0.3, -0.25) is 0 Å². The first-order chi connectivity index (χ1) is 1.41. The van der Waals surface area contributed by atoms with E-state index in [-0.39, 0.29) is 22.9 Å². The van der Waals surface area contributed by atoms with E-state index in [1.807, 2.05) is 0 Å². The molecule has 0 aromatic rings. The maximum atomic E-state index is 4.76. The summed E-state index contributed by atoms with van der Waals surface area (Å²) in [6.45, 7) is 0. The normalized spacial score (nSPS) is 4.50. The van der Waals surface area contributed by atoms with Crippen LogP contribution in [-0.4, -0.2) is 22.9 Å². The molecule has 0 saturated heterocycles. The Labute approximate surface area is 46.4 Å². The van der Waals surface area contributed by atoms with Crippen LogP contribution in [0, 0.1) is 0 Å². The van der Waals surface area contributed by atoms with Gasteiger partial charge in [0, 0.05) is 0 Å². The molecule has 3 heteroatoms. The third-order valence-corrected chi connectivity index (χ3v) is 0. The number of halogens is 2. The molecule has 0 amide bonds. The topological polar surface area (TPSA) is 0 Å². The van der Waals surface area contributed by atoms with Gasteiger partial charge in [-0.25, -0.2) is 0 Å². The van der Waals surface area contributed by atoms with Crippen LogP contribution in [0.1, 0.15) is 0 Å². The molecule has 0 saturated carbocycles. The van der Waals surface area contributed by atoms with Crippen LogP contribution in [0.15, 0.2) is 0 Å². The van der Waals surface area contributed by atoms with E-state index in [2.05, 4.69) is 0 Å². The fourth-order valence-corrected chi connectivity index (χ4v) is 0. The molecule has 4 heavy (non-hydrogen) atoms. The Balaban J connectivity index is 0. The minimum absolute atomic E-state index is 0. The molecular formula is CH6Cl2Ge. The number of alkyl halides is 2. The molecule has 0 N–H and O–H groups in total. The van der Waals surface area contributed by atoms with Gasteiger partial charge >= 0.3 is 17.6 Å². The van der Waals surface area contributed by atoms with Gasteiger partial charge in [0.15, 0.2) is 0 Å². The summed E-state index contributed by atoms with van der Waals surface area (Å²) in [5.74, 6) is 0. The van der Waals surface area contributed by atoms with Crippen molar-refractivity contribution in [1.82, 2.24) is 0 Å². The van der Waals surface area contributed by atoms with Crippen LogP contribution in [0.4, 0.5) is 0 Å². The van der Waals surface area contributed by atoms with E-state index in [4.69, 9.17) is 23.2 Å². The van der Waals surface area contributed by atoms with Crippen LogP contribution < -0.4 is 0 Å². The first-order valence-corrected chi connectivity index (χ1v) is 1.60. The zero-order valence-electron chi connectivity index (χ0n) is 1.46. The molecule has 28 valence electrons. The summed E-state index contributed by atoms with van der Waals surface area (Å²) in [7, 11) is 0. The van der Waals surface area contributed by atoms with Gasteiger partial charge in [-0.05, 0) is 0 Å². The van der Waals surface area contributed by atoms with E-state index >= 15 is 0 Å². The van der Waals surface area contributed by atoms with Crippen molar-refractivity contribution in [2.24, 2.45) is 0 Å². The van der Waals surface area contributed by atoms with E-state index in [9.17, 15) is 0 Å². The fraction of sp³-hybridized carbons (Fsp3) is 1.00. The van der Waals surface area contributed by atoms with Crippen molar-refractivity contribution < 1.29 is 0 Å². The molecule has 0 aromatic carbocycles. The second-order valence-electron chi connectivity index (χ2n) is 0.101. The summed E-state index contributed by atoms with van der Waals surface area (Å²) in [5, 5.41) is 0.194.